The molecule has 0 saturated heterocycles. The number of ether oxygens (including phenoxy) is 1. The smallest absolute Gasteiger partial charge is 0.294 e. The molecule has 0 atom stereocenters. The van der Waals surface area contributed by atoms with Crippen LogP contribution in [0.3, 0.4) is 0 Å². The molecule has 0 radical (unpaired) electrons. The van der Waals surface area contributed by atoms with E-state index in [0.717, 1.165) is 33.5 Å². The first kappa shape index (κ1) is 24.8. The Morgan fingerprint density at radius 1 is 1.05 bits per heavy atom. The number of methoxy groups -OCH3 is 1. The quantitative estimate of drug-likeness (QED) is 0.265. The molecular weight excluding hydrogens is 480 g/mol. The Hall–Kier alpha value is -4.92. The van der Waals surface area contributed by atoms with Crippen molar-refractivity contribution in [3.63, 3.8) is 0 Å². The van der Waals surface area contributed by atoms with Gasteiger partial charge in [0.1, 0.15) is 12.3 Å². The topological polar surface area (TPSA) is 114 Å². The molecular formula is C29H28N6O3. The molecule has 3 heterocycles. The number of hydrogen-bond acceptors (Lipinski definition) is 6. The molecule has 0 aliphatic carbocycles. The predicted octanol–water partition coefficient (Wildman–Crippen LogP) is 3.77. The minimum Gasteiger partial charge on any atom is -0.497 e. The summed E-state index contributed by atoms with van der Waals surface area (Å²) >= 11 is 0. The number of benzene rings is 2. The van der Waals surface area contributed by atoms with E-state index in [1.54, 1.807) is 25.7 Å². The van der Waals surface area contributed by atoms with E-state index in [0.29, 0.717) is 25.2 Å². The molecule has 0 saturated carbocycles. The predicted molar refractivity (Wildman–Crippen MR) is 147 cm³/mol. The molecule has 3 N–H and O–H groups in total. The molecule has 192 valence electrons. The van der Waals surface area contributed by atoms with Gasteiger partial charge >= 0.3 is 0 Å². The number of carbonyl (C=O) groups excluding carboxylic acids is 1. The van der Waals surface area contributed by atoms with Crippen LogP contribution in [-0.4, -0.2) is 39.1 Å². The normalized spacial score (nSPS) is 10.9. The zero-order valence-corrected chi connectivity index (χ0v) is 21.0. The van der Waals surface area contributed by atoms with Crippen molar-refractivity contribution < 1.29 is 9.53 Å². The van der Waals surface area contributed by atoms with Crippen LogP contribution in [0.2, 0.25) is 0 Å². The summed E-state index contributed by atoms with van der Waals surface area (Å²) in [5, 5.41) is 7.01. The number of aromatic amines is 1. The average Bonchev–Trinajstić information content (AvgIpc) is 3.38. The lowest BCUT2D eigenvalue weighted by Crippen LogP contribution is -2.34. The van der Waals surface area contributed by atoms with Gasteiger partial charge in [0.05, 0.1) is 25.5 Å². The maximum absolute atomic E-state index is 13.4. The van der Waals surface area contributed by atoms with Gasteiger partial charge in [0.2, 0.25) is 5.91 Å². The van der Waals surface area contributed by atoms with Crippen LogP contribution in [0, 0.1) is 0 Å². The van der Waals surface area contributed by atoms with E-state index in [9.17, 15) is 9.59 Å². The maximum Gasteiger partial charge on any atom is 0.294 e. The lowest BCUT2D eigenvalue weighted by molar-refractivity contribution is -0.121. The van der Waals surface area contributed by atoms with Gasteiger partial charge in [-0.1, -0.05) is 42.5 Å². The van der Waals surface area contributed by atoms with E-state index >= 15 is 0 Å². The van der Waals surface area contributed by atoms with Crippen molar-refractivity contribution in [1.29, 1.82) is 0 Å². The number of H-pyrrole nitrogens is 1. The number of hydrogen-bond donors (Lipinski definition) is 3. The average molecular weight is 509 g/mol. The summed E-state index contributed by atoms with van der Waals surface area (Å²) in [4.78, 5) is 38.2. The summed E-state index contributed by atoms with van der Waals surface area (Å²) in [6.07, 6.45) is 5.81. The highest BCUT2D eigenvalue weighted by molar-refractivity contribution is 5.80. The molecule has 38 heavy (non-hydrogen) atoms. The molecule has 0 spiro atoms. The van der Waals surface area contributed by atoms with E-state index in [1.165, 1.54) is 4.57 Å². The molecule has 0 bridgehead atoms. The second kappa shape index (κ2) is 11.4. The zero-order chi connectivity index (χ0) is 26.3. The van der Waals surface area contributed by atoms with Crippen LogP contribution in [0.1, 0.15) is 11.3 Å². The lowest BCUT2D eigenvalue weighted by atomic mass is 10.1. The number of carbonyl (C=O) groups is 1. The van der Waals surface area contributed by atoms with E-state index in [2.05, 4.69) is 25.6 Å². The first-order chi connectivity index (χ1) is 18.6. The number of anilines is 1. The Kier molecular flexibility index (Phi) is 7.44. The van der Waals surface area contributed by atoms with Crippen LogP contribution in [0.4, 0.5) is 5.82 Å². The standard InChI is InChI=1S/C29H28N6O3/c1-38-24-9-7-20(8-10-24)11-14-31-28-29(37)35(26(18-33-28)21-5-3-2-4-6-21)19-27(36)32-17-23-15-22-16-30-13-12-25(22)34-23/h2-10,12-13,15-16,18,34H,11,14,17,19H2,1H3,(H,31,33)(H,32,36). The van der Waals surface area contributed by atoms with Crippen molar-refractivity contribution >= 4 is 22.6 Å². The number of pyridine rings is 1. The third-order valence-corrected chi connectivity index (χ3v) is 6.24. The summed E-state index contributed by atoms with van der Waals surface area (Å²) in [6, 6.07) is 21.1. The van der Waals surface area contributed by atoms with Crippen molar-refractivity contribution in [2.24, 2.45) is 0 Å². The Labute approximate surface area is 219 Å². The van der Waals surface area contributed by atoms with Crippen molar-refractivity contribution in [3.05, 3.63) is 107 Å². The van der Waals surface area contributed by atoms with Gasteiger partial charge in [-0.3, -0.25) is 19.1 Å². The van der Waals surface area contributed by atoms with Gasteiger partial charge in [0.25, 0.3) is 5.56 Å². The van der Waals surface area contributed by atoms with Gasteiger partial charge in [0.15, 0.2) is 5.82 Å². The fourth-order valence-corrected chi connectivity index (χ4v) is 4.24. The van der Waals surface area contributed by atoms with Crippen LogP contribution < -0.4 is 20.9 Å². The third kappa shape index (κ3) is 5.73. The zero-order valence-electron chi connectivity index (χ0n) is 21.0. The number of rotatable bonds is 10. The van der Waals surface area contributed by atoms with Gasteiger partial charge in [-0.15, -0.1) is 0 Å². The van der Waals surface area contributed by atoms with Crippen molar-refractivity contribution in [1.82, 2.24) is 24.8 Å². The Bertz CT molecular complexity index is 1560. The molecule has 9 nitrogen and oxygen atoms in total. The molecule has 9 heteroatoms. The summed E-state index contributed by atoms with van der Waals surface area (Å²) in [6.45, 7) is 0.683. The molecule has 3 aromatic heterocycles. The Morgan fingerprint density at radius 2 is 1.87 bits per heavy atom. The van der Waals surface area contributed by atoms with Gasteiger partial charge in [-0.2, -0.15) is 0 Å². The highest BCUT2D eigenvalue weighted by Gasteiger charge is 2.15. The minimum absolute atomic E-state index is 0.138. The van der Waals surface area contributed by atoms with Gasteiger partial charge in [0, 0.05) is 35.5 Å². The SMILES string of the molecule is COc1ccc(CCNc2ncc(-c3ccccc3)n(CC(=O)NCc3cc4cnccc4[nH]3)c2=O)cc1. The van der Waals surface area contributed by atoms with E-state index < -0.39 is 0 Å². The van der Waals surface area contributed by atoms with Crippen LogP contribution >= 0.6 is 0 Å². The highest BCUT2D eigenvalue weighted by atomic mass is 16.5. The van der Waals surface area contributed by atoms with Crippen molar-refractivity contribution in [2.45, 2.75) is 19.5 Å². The van der Waals surface area contributed by atoms with Crippen LogP contribution in [0.5, 0.6) is 5.75 Å². The Balaban J connectivity index is 1.31. The maximum atomic E-state index is 13.4. The van der Waals surface area contributed by atoms with Crippen molar-refractivity contribution in [2.75, 3.05) is 19.0 Å². The van der Waals surface area contributed by atoms with Gasteiger partial charge in [-0.25, -0.2) is 4.98 Å². The highest BCUT2D eigenvalue weighted by Crippen LogP contribution is 2.18. The van der Waals surface area contributed by atoms with Crippen LogP contribution in [0.15, 0.2) is 90.1 Å². The summed E-state index contributed by atoms with van der Waals surface area (Å²) in [7, 11) is 1.63. The second-order valence-corrected chi connectivity index (χ2v) is 8.81. The molecule has 1 amide bonds. The first-order valence-electron chi connectivity index (χ1n) is 12.3. The molecule has 5 aromatic rings. The molecule has 5 rings (SSSR count). The molecule has 0 aliphatic heterocycles. The van der Waals surface area contributed by atoms with Gasteiger partial charge < -0.3 is 20.4 Å². The fourth-order valence-electron chi connectivity index (χ4n) is 4.24. The lowest BCUT2D eigenvalue weighted by Gasteiger charge is -2.15. The number of fused-ring (bicyclic) bond motifs is 1. The van der Waals surface area contributed by atoms with Gasteiger partial charge in [-0.05, 0) is 41.8 Å². The molecule has 0 fully saturated rings. The van der Waals surface area contributed by atoms with Crippen molar-refractivity contribution in [3.8, 4) is 17.0 Å². The number of amides is 1. The van der Waals surface area contributed by atoms with E-state index in [-0.39, 0.29) is 23.8 Å². The largest absolute Gasteiger partial charge is 0.497 e. The third-order valence-electron chi connectivity index (χ3n) is 6.24. The fraction of sp³-hybridized carbons (Fsp3) is 0.172. The van der Waals surface area contributed by atoms with Crippen LogP contribution in [0.25, 0.3) is 22.2 Å². The Morgan fingerprint density at radius 3 is 2.63 bits per heavy atom. The number of nitrogens with zero attached hydrogens (tertiary/aromatic N) is 3. The first-order valence-corrected chi connectivity index (χ1v) is 12.3. The summed E-state index contributed by atoms with van der Waals surface area (Å²) < 4.78 is 6.66. The molecule has 2 aromatic carbocycles. The molecule has 0 aliphatic rings. The van der Waals surface area contributed by atoms with Crippen LogP contribution in [-0.2, 0) is 24.3 Å². The van der Waals surface area contributed by atoms with E-state index in [1.807, 2.05) is 66.7 Å². The van der Waals surface area contributed by atoms with E-state index in [4.69, 9.17) is 4.74 Å². The minimum atomic E-state index is -0.354. The molecule has 0 unspecified atom stereocenters. The number of nitrogens with one attached hydrogen (secondary N) is 3. The number of aromatic nitrogens is 4. The second-order valence-electron chi connectivity index (χ2n) is 8.81. The summed E-state index contributed by atoms with van der Waals surface area (Å²) in [5.74, 6) is 0.716. The monoisotopic (exact) mass is 508 g/mol. The summed E-state index contributed by atoms with van der Waals surface area (Å²) in [5.41, 5.74) is 3.93.